The number of esters is 1. The van der Waals surface area contributed by atoms with Crippen LogP contribution in [0.15, 0.2) is 10.9 Å². The predicted molar refractivity (Wildman–Crippen MR) is 73.4 cm³/mol. The fourth-order valence-electron chi connectivity index (χ4n) is 1.78. The van der Waals surface area contributed by atoms with E-state index >= 15 is 0 Å². The van der Waals surface area contributed by atoms with E-state index in [0.29, 0.717) is 18.2 Å². The van der Waals surface area contributed by atoms with Crippen molar-refractivity contribution >= 4 is 11.8 Å². The topological polar surface area (TPSA) is 64.4 Å². The van der Waals surface area contributed by atoms with E-state index in [1.54, 1.807) is 14.0 Å². The Labute approximate surface area is 113 Å². The summed E-state index contributed by atoms with van der Waals surface area (Å²) in [7, 11) is 1.61. The van der Waals surface area contributed by atoms with Crippen LogP contribution in [0.25, 0.3) is 0 Å². The second-order valence-electron chi connectivity index (χ2n) is 4.08. The van der Waals surface area contributed by atoms with Crippen LogP contribution < -0.4 is 10.5 Å². The van der Waals surface area contributed by atoms with E-state index in [9.17, 15) is 9.59 Å². The maximum atomic E-state index is 11.9. The number of ether oxygens (including phenoxy) is 1. The molecule has 0 saturated heterocycles. The molecule has 0 aromatic carbocycles. The van der Waals surface area contributed by atoms with Crippen molar-refractivity contribution in [2.24, 2.45) is 7.05 Å². The molecule has 1 heterocycles. The summed E-state index contributed by atoms with van der Waals surface area (Å²) in [6, 6.07) is 1.49. The second kappa shape index (κ2) is 6.92. The molecule has 0 radical (unpaired) electrons. The average Bonchev–Trinajstić information content (AvgIpc) is 2.37. The number of hydrogen-bond donors (Lipinski definition) is 0. The van der Waals surface area contributed by atoms with Gasteiger partial charge in [0, 0.05) is 26.2 Å². The maximum absolute atomic E-state index is 11.9. The van der Waals surface area contributed by atoms with Gasteiger partial charge in [0.1, 0.15) is 18.1 Å². The number of carbonyl (C=O) groups is 1. The highest BCUT2D eigenvalue weighted by Gasteiger charge is 2.13. The van der Waals surface area contributed by atoms with Crippen LogP contribution in [0.5, 0.6) is 0 Å². The monoisotopic (exact) mass is 267 g/mol. The van der Waals surface area contributed by atoms with Crippen molar-refractivity contribution in [1.82, 2.24) is 9.55 Å². The Hall–Kier alpha value is -1.85. The minimum absolute atomic E-state index is 0.00862. The normalized spacial score (nSPS) is 10.3. The van der Waals surface area contributed by atoms with Crippen LogP contribution in [0, 0.1) is 0 Å². The lowest BCUT2D eigenvalue weighted by Crippen LogP contribution is -2.30. The molecule has 0 bridgehead atoms. The highest BCUT2D eigenvalue weighted by Crippen LogP contribution is 2.08. The van der Waals surface area contributed by atoms with Crippen molar-refractivity contribution in [2.45, 2.75) is 27.2 Å². The molecular formula is C13H21N3O3. The van der Waals surface area contributed by atoms with Gasteiger partial charge in [0.15, 0.2) is 0 Å². The minimum atomic E-state index is -0.373. The molecule has 0 unspecified atom stereocenters. The van der Waals surface area contributed by atoms with Crippen LogP contribution in [-0.4, -0.2) is 35.2 Å². The van der Waals surface area contributed by atoms with Crippen LogP contribution in [0.2, 0.25) is 0 Å². The number of nitrogens with zero attached hydrogens (tertiary/aromatic N) is 3. The van der Waals surface area contributed by atoms with Gasteiger partial charge in [-0.2, -0.15) is 0 Å². The molecule has 0 N–H and O–H groups in total. The third-order valence-electron chi connectivity index (χ3n) is 2.91. The fraction of sp³-hybridized carbons (Fsp3) is 0.615. The Balaban J connectivity index is 3.10. The molecule has 0 atom stereocenters. The first-order valence-electron chi connectivity index (χ1n) is 6.50. The molecule has 0 aliphatic carbocycles. The first-order chi connectivity index (χ1) is 9.03. The van der Waals surface area contributed by atoms with Crippen molar-refractivity contribution in [3.8, 4) is 0 Å². The number of rotatable bonds is 6. The highest BCUT2D eigenvalue weighted by atomic mass is 16.5. The van der Waals surface area contributed by atoms with Gasteiger partial charge < -0.3 is 9.64 Å². The fourth-order valence-corrected chi connectivity index (χ4v) is 1.78. The molecule has 0 fully saturated rings. The standard InChI is InChI=1S/C13H21N3O3/c1-5-16(6-2)11-8-12(17)15(4)10(14-11)9-13(18)19-7-3/h8H,5-7,9H2,1-4H3. The van der Waals surface area contributed by atoms with Crippen LogP contribution in [0.3, 0.4) is 0 Å². The molecule has 0 aliphatic heterocycles. The summed E-state index contributed by atoms with van der Waals surface area (Å²) in [6.45, 7) is 7.57. The average molecular weight is 267 g/mol. The summed E-state index contributed by atoms with van der Waals surface area (Å²) in [5, 5.41) is 0. The zero-order valence-corrected chi connectivity index (χ0v) is 12.0. The zero-order valence-electron chi connectivity index (χ0n) is 12.0. The van der Waals surface area contributed by atoms with Gasteiger partial charge >= 0.3 is 5.97 Å². The first kappa shape index (κ1) is 15.2. The van der Waals surface area contributed by atoms with Gasteiger partial charge in [-0.05, 0) is 20.8 Å². The van der Waals surface area contributed by atoms with Gasteiger partial charge in [0.05, 0.1) is 6.61 Å². The van der Waals surface area contributed by atoms with Crippen molar-refractivity contribution < 1.29 is 9.53 Å². The Morgan fingerprint density at radius 1 is 1.37 bits per heavy atom. The smallest absolute Gasteiger partial charge is 0.313 e. The molecule has 0 aliphatic rings. The molecule has 1 aromatic rings. The number of carbonyl (C=O) groups excluding carboxylic acids is 1. The molecule has 0 amide bonds. The summed E-state index contributed by atoms with van der Waals surface area (Å²) in [4.78, 5) is 29.7. The third kappa shape index (κ3) is 3.81. The van der Waals surface area contributed by atoms with Crippen LogP contribution in [0.1, 0.15) is 26.6 Å². The lowest BCUT2D eigenvalue weighted by atomic mass is 10.3. The molecule has 1 rings (SSSR count). The molecule has 6 nitrogen and oxygen atoms in total. The molecule has 0 saturated carbocycles. The van der Waals surface area contributed by atoms with E-state index in [0.717, 1.165) is 13.1 Å². The van der Waals surface area contributed by atoms with Crippen molar-refractivity contribution in [2.75, 3.05) is 24.6 Å². The summed E-state index contributed by atoms with van der Waals surface area (Å²) in [6.07, 6.45) is 0.00862. The van der Waals surface area contributed by atoms with Gasteiger partial charge in [0.25, 0.3) is 5.56 Å². The molecule has 6 heteroatoms. The highest BCUT2D eigenvalue weighted by molar-refractivity contribution is 5.71. The third-order valence-corrected chi connectivity index (χ3v) is 2.91. The van der Waals surface area contributed by atoms with Gasteiger partial charge in [-0.3, -0.25) is 14.2 Å². The summed E-state index contributed by atoms with van der Waals surface area (Å²) in [5.41, 5.74) is -0.170. The Morgan fingerprint density at radius 3 is 2.53 bits per heavy atom. The second-order valence-corrected chi connectivity index (χ2v) is 4.08. The number of anilines is 1. The van der Waals surface area contributed by atoms with E-state index in [-0.39, 0.29) is 17.9 Å². The van der Waals surface area contributed by atoms with Crippen LogP contribution in [0.4, 0.5) is 5.82 Å². The van der Waals surface area contributed by atoms with Gasteiger partial charge in [-0.15, -0.1) is 0 Å². The maximum Gasteiger partial charge on any atom is 0.313 e. The summed E-state index contributed by atoms with van der Waals surface area (Å²) >= 11 is 0. The van der Waals surface area contributed by atoms with Crippen molar-refractivity contribution in [3.63, 3.8) is 0 Å². The van der Waals surface area contributed by atoms with Crippen molar-refractivity contribution in [1.29, 1.82) is 0 Å². The molecule has 106 valence electrons. The number of aromatic nitrogens is 2. The Morgan fingerprint density at radius 2 is 2.00 bits per heavy atom. The predicted octanol–water partition coefficient (Wildman–Crippen LogP) is 0.732. The minimum Gasteiger partial charge on any atom is -0.466 e. The quantitative estimate of drug-likeness (QED) is 0.711. The molecule has 19 heavy (non-hydrogen) atoms. The largest absolute Gasteiger partial charge is 0.466 e. The number of hydrogen-bond acceptors (Lipinski definition) is 5. The van der Waals surface area contributed by atoms with Crippen LogP contribution >= 0.6 is 0 Å². The first-order valence-corrected chi connectivity index (χ1v) is 6.50. The van der Waals surface area contributed by atoms with Gasteiger partial charge in [0.2, 0.25) is 0 Å². The van der Waals surface area contributed by atoms with E-state index in [1.807, 2.05) is 18.7 Å². The molecule has 0 spiro atoms. The Kier molecular flexibility index (Phi) is 5.54. The van der Waals surface area contributed by atoms with E-state index < -0.39 is 0 Å². The summed E-state index contributed by atoms with van der Waals surface area (Å²) in [5.74, 6) is 0.655. The summed E-state index contributed by atoms with van der Waals surface area (Å²) < 4.78 is 6.26. The lowest BCUT2D eigenvalue weighted by Gasteiger charge is -2.20. The van der Waals surface area contributed by atoms with E-state index in [1.165, 1.54) is 10.6 Å². The van der Waals surface area contributed by atoms with Crippen LogP contribution in [-0.2, 0) is 23.0 Å². The molecular weight excluding hydrogens is 246 g/mol. The van der Waals surface area contributed by atoms with Gasteiger partial charge in [-0.1, -0.05) is 0 Å². The van der Waals surface area contributed by atoms with Gasteiger partial charge in [-0.25, -0.2) is 4.98 Å². The lowest BCUT2D eigenvalue weighted by molar-refractivity contribution is -0.142. The molecule has 1 aromatic heterocycles. The zero-order chi connectivity index (χ0) is 14.4. The van der Waals surface area contributed by atoms with Crippen molar-refractivity contribution in [3.05, 3.63) is 22.2 Å². The Bertz CT molecular complexity index is 492. The van der Waals surface area contributed by atoms with E-state index in [4.69, 9.17) is 4.74 Å². The van der Waals surface area contributed by atoms with E-state index in [2.05, 4.69) is 4.98 Å². The SMILES string of the molecule is CCOC(=O)Cc1nc(N(CC)CC)cc(=O)n1C.